The molecule has 0 fully saturated rings. The van der Waals surface area contributed by atoms with E-state index in [4.69, 9.17) is 5.73 Å². The van der Waals surface area contributed by atoms with Crippen LogP contribution in [0, 0.1) is 0 Å². The van der Waals surface area contributed by atoms with Crippen LogP contribution in [0.15, 0.2) is 64.2 Å². The third kappa shape index (κ3) is 7.57. The van der Waals surface area contributed by atoms with E-state index < -0.39 is 53.1 Å². The predicted octanol–water partition coefficient (Wildman–Crippen LogP) is 0.156. The van der Waals surface area contributed by atoms with Crippen molar-refractivity contribution in [3.8, 4) is 0 Å². The third-order valence-corrected chi connectivity index (χ3v) is 6.65. The number of fused-ring (bicyclic) bond motifs is 1. The van der Waals surface area contributed by atoms with Crippen molar-refractivity contribution < 1.29 is 24.3 Å². The number of aromatic amines is 1. The van der Waals surface area contributed by atoms with Crippen LogP contribution >= 0.6 is 11.8 Å². The quantitative estimate of drug-likeness (QED) is 0.197. The number of amides is 3. The molecule has 206 valence electrons. The lowest BCUT2D eigenvalue weighted by molar-refractivity contribution is -0.141. The van der Waals surface area contributed by atoms with Crippen molar-refractivity contribution in [1.82, 2.24) is 20.2 Å². The minimum absolute atomic E-state index is 0.0655. The van der Waals surface area contributed by atoms with Gasteiger partial charge in [0.2, 0.25) is 17.7 Å². The highest BCUT2D eigenvalue weighted by molar-refractivity contribution is 7.98. The molecule has 6 N–H and O–H groups in total. The minimum atomic E-state index is -1.38. The fourth-order valence-electron chi connectivity index (χ4n) is 4.03. The Labute approximate surface area is 227 Å². The van der Waals surface area contributed by atoms with Gasteiger partial charge in [-0.1, -0.05) is 42.5 Å². The number of nitrogens with two attached hydrogens (primary N) is 1. The van der Waals surface area contributed by atoms with Gasteiger partial charge >= 0.3 is 11.7 Å². The number of nitrogens with one attached hydrogen (secondary N) is 3. The molecular weight excluding hydrogens is 526 g/mol. The van der Waals surface area contributed by atoms with Gasteiger partial charge in [-0.2, -0.15) is 11.8 Å². The van der Waals surface area contributed by atoms with Gasteiger partial charge in [0.25, 0.3) is 5.56 Å². The van der Waals surface area contributed by atoms with E-state index >= 15 is 0 Å². The van der Waals surface area contributed by atoms with E-state index in [1.807, 2.05) is 0 Å². The molecule has 0 bridgehead atoms. The maximum absolute atomic E-state index is 13.7. The number of benzene rings is 2. The van der Waals surface area contributed by atoms with Crippen LogP contribution in [0.25, 0.3) is 10.9 Å². The van der Waals surface area contributed by atoms with Crippen molar-refractivity contribution in [3.63, 3.8) is 0 Å². The molecule has 1 heterocycles. The molecule has 0 unspecified atom stereocenters. The predicted molar refractivity (Wildman–Crippen MR) is 146 cm³/mol. The van der Waals surface area contributed by atoms with Crippen molar-refractivity contribution in [1.29, 1.82) is 0 Å². The standard InChI is InChI=1S/C26H29N5O7S/c1-39-14-19(25(36)37)29-22(33)18(11-12-21(27)32)28-23(34)20(13-15-7-3-2-4-8-15)31-24(35)16-9-5-6-10-17(16)30-26(31)38/h2-10,18-20H,11-14H2,1H3,(H2,27,32)(H,28,34)(H,29,33)(H,30,38)(H,36,37)/t18-,19-,20-/m0/s1. The van der Waals surface area contributed by atoms with E-state index in [1.165, 1.54) is 17.8 Å². The fraction of sp³-hybridized carbons (Fsp3) is 0.308. The van der Waals surface area contributed by atoms with Crippen LogP contribution < -0.4 is 27.6 Å². The zero-order valence-electron chi connectivity index (χ0n) is 21.1. The van der Waals surface area contributed by atoms with Gasteiger partial charge in [-0.15, -0.1) is 0 Å². The Hall–Kier alpha value is -4.39. The normalized spacial score (nSPS) is 13.3. The van der Waals surface area contributed by atoms with Crippen molar-refractivity contribution in [2.75, 3.05) is 12.0 Å². The Balaban J connectivity index is 2.01. The Morgan fingerprint density at radius 3 is 2.26 bits per heavy atom. The summed E-state index contributed by atoms with van der Waals surface area (Å²) in [5.74, 6) is -3.62. The molecule has 1 aromatic heterocycles. The van der Waals surface area contributed by atoms with E-state index in [0.29, 0.717) is 11.1 Å². The number of H-pyrrole nitrogens is 1. The maximum atomic E-state index is 13.7. The molecule has 12 nitrogen and oxygen atoms in total. The first-order valence-corrected chi connectivity index (χ1v) is 13.4. The molecule has 0 spiro atoms. The number of aromatic nitrogens is 2. The van der Waals surface area contributed by atoms with Crippen LogP contribution in [0.1, 0.15) is 24.4 Å². The minimum Gasteiger partial charge on any atom is -0.480 e. The van der Waals surface area contributed by atoms with Crippen LogP contribution in [0.3, 0.4) is 0 Å². The smallest absolute Gasteiger partial charge is 0.329 e. The summed E-state index contributed by atoms with van der Waals surface area (Å²) in [7, 11) is 0. The number of hydrogen-bond donors (Lipinski definition) is 5. The summed E-state index contributed by atoms with van der Waals surface area (Å²) in [6.07, 6.45) is 1.10. The van der Waals surface area contributed by atoms with Gasteiger partial charge in [-0.25, -0.2) is 14.2 Å². The summed E-state index contributed by atoms with van der Waals surface area (Å²) in [4.78, 5) is 78.7. The molecule has 13 heteroatoms. The highest BCUT2D eigenvalue weighted by atomic mass is 32.2. The summed E-state index contributed by atoms with van der Waals surface area (Å²) in [6.45, 7) is 0. The van der Waals surface area contributed by atoms with Gasteiger partial charge in [0, 0.05) is 18.6 Å². The molecule has 0 aliphatic carbocycles. The summed E-state index contributed by atoms with van der Waals surface area (Å²) < 4.78 is 0.793. The Morgan fingerprint density at radius 2 is 1.62 bits per heavy atom. The first-order valence-electron chi connectivity index (χ1n) is 12.0. The topological polar surface area (TPSA) is 193 Å². The second-order valence-electron chi connectivity index (χ2n) is 8.78. The second kappa shape index (κ2) is 13.4. The van der Waals surface area contributed by atoms with Crippen molar-refractivity contribution in [3.05, 3.63) is 81.0 Å². The van der Waals surface area contributed by atoms with Crippen LogP contribution in [0.5, 0.6) is 0 Å². The van der Waals surface area contributed by atoms with Gasteiger partial charge in [-0.3, -0.25) is 19.2 Å². The number of carbonyl (C=O) groups excluding carboxylic acids is 3. The molecule has 3 aromatic rings. The Kier molecular flexibility index (Phi) is 10.0. The van der Waals surface area contributed by atoms with Crippen LogP contribution in [-0.2, 0) is 25.6 Å². The van der Waals surface area contributed by atoms with Gasteiger partial charge in [-0.05, 0) is 30.4 Å². The summed E-state index contributed by atoms with van der Waals surface area (Å²) in [5, 5.41) is 14.5. The molecule has 0 saturated carbocycles. The lowest BCUT2D eigenvalue weighted by atomic mass is 10.0. The highest BCUT2D eigenvalue weighted by Gasteiger charge is 2.31. The molecule has 2 aromatic carbocycles. The Morgan fingerprint density at radius 1 is 0.974 bits per heavy atom. The average Bonchev–Trinajstić information content (AvgIpc) is 2.90. The Bertz CT molecular complexity index is 1470. The second-order valence-corrected chi connectivity index (χ2v) is 9.69. The SMILES string of the molecule is CSC[C@H](NC(=O)[C@H](CCC(N)=O)NC(=O)[C@H](Cc1ccccc1)n1c(=O)[nH]c2ccccc2c1=O)C(=O)O. The van der Waals surface area contributed by atoms with Gasteiger partial charge in [0.05, 0.1) is 10.9 Å². The van der Waals surface area contributed by atoms with E-state index in [0.717, 1.165) is 4.57 Å². The van der Waals surface area contributed by atoms with Crippen LogP contribution in [0.2, 0.25) is 0 Å². The summed E-state index contributed by atoms with van der Waals surface area (Å²) >= 11 is 1.20. The lowest BCUT2D eigenvalue weighted by Gasteiger charge is -2.24. The number of nitrogens with zero attached hydrogens (tertiary/aromatic N) is 1. The zero-order chi connectivity index (χ0) is 28.5. The number of thioether (sulfide) groups is 1. The number of hydrogen-bond acceptors (Lipinski definition) is 7. The zero-order valence-corrected chi connectivity index (χ0v) is 21.9. The highest BCUT2D eigenvalue weighted by Crippen LogP contribution is 2.15. The van der Waals surface area contributed by atoms with Gasteiger partial charge in [0.15, 0.2) is 0 Å². The largest absolute Gasteiger partial charge is 0.480 e. The third-order valence-electron chi connectivity index (χ3n) is 5.98. The molecule has 0 aliphatic heterocycles. The number of rotatable bonds is 13. The van der Waals surface area contributed by atoms with Gasteiger partial charge in [0.1, 0.15) is 18.1 Å². The van der Waals surface area contributed by atoms with E-state index in [1.54, 1.807) is 54.8 Å². The molecule has 3 atom stereocenters. The maximum Gasteiger partial charge on any atom is 0.329 e. The first-order chi connectivity index (χ1) is 18.6. The van der Waals surface area contributed by atoms with Gasteiger partial charge < -0.3 is 26.5 Å². The number of primary amides is 1. The summed E-state index contributed by atoms with van der Waals surface area (Å²) in [5.41, 5.74) is 4.66. The molecule has 39 heavy (non-hydrogen) atoms. The monoisotopic (exact) mass is 555 g/mol. The van der Waals surface area contributed by atoms with Crippen LogP contribution in [0.4, 0.5) is 0 Å². The molecule has 0 radical (unpaired) electrons. The fourth-order valence-corrected chi connectivity index (χ4v) is 4.59. The molecule has 3 amide bonds. The van der Waals surface area contributed by atoms with Crippen molar-refractivity contribution in [2.24, 2.45) is 5.73 Å². The first kappa shape index (κ1) is 29.2. The average molecular weight is 556 g/mol. The summed E-state index contributed by atoms with van der Waals surface area (Å²) in [6, 6.07) is 11.1. The molecule has 0 saturated heterocycles. The van der Waals surface area contributed by atoms with Crippen molar-refractivity contribution in [2.45, 2.75) is 37.4 Å². The lowest BCUT2D eigenvalue weighted by Crippen LogP contribution is -2.55. The number of aliphatic carboxylic acids is 1. The number of para-hydroxylation sites is 1. The van der Waals surface area contributed by atoms with Crippen molar-refractivity contribution >= 4 is 46.4 Å². The van der Waals surface area contributed by atoms with E-state index in [2.05, 4.69) is 15.6 Å². The van der Waals surface area contributed by atoms with E-state index in [-0.39, 0.29) is 30.4 Å². The number of carboxylic acids is 1. The molecule has 3 rings (SSSR count). The van der Waals surface area contributed by atoms with Crippen LogP contribution in [-0.4, -0.2) is 62.4 Å². The van der Waals surface area contributed by atoms with E-state index in [9.17, 15) is 33.9 Å². The molecular formula is C26H29N5O7S. The number of carbonyl (C=O) groups is 4. The number of carboxylic acid groups (broad SMARTS) is 1. The molecule has 0 aliphatic rings.